The summed E-state index contributed by atoms with van der Waals surface area (Å²) in [4.78, 5) is 17.9. The molecule has 33 heavy (non-hydrogen) atoms. The van der Waals surface area contributed by atoms with E-state index in [0.29, 0.717) is 16.3 Å². The fraction of sp³-hybridized carbons (Fsp3) is 0.370. The van der Waals surface area contributed by atoms with E-state index in [1.807, 2.05) is 38.1 Å². The monoisotopic (exact) mass is 468 g/mol. The molecule has 0 radical (unpaired) electrons. The van der Waals surface area contributed by atoms with Gasteiger partial charge in [-0.25, -0.2) is 0 Å². The van der Waals surface area contributed by atoms with Crippen molar-refractivity contribution in [1.29, 1.82) is 0 Å². The number of benzene rings is 2. The summed E-state index contributed by atoms with van der Waals surface area (Å²) in [6.45, 7) is 11.7. The number of rotatable bonds is 8. The summed E-state index contributed by atoms with van der Waals surface area (Å²) in [6.07, 6.45) is 5.26. The van der Waals surface area contributed by atoms with Gasteiger partial charge in [0.15, 0.2) is 5.78 Å². The number of allylic oxidation sites excluding steroid dienone is 2. The standard InChI is InChI=1S/C27H33ClN2O3/c1-7-27(2,3)25-22(28)12-11-21(26(25)33-6)24(31)13-9-19-8-10-20(32-5)18-23(19)30-16-14-29(4)15-17-30/h7-13,18H,1,14-17H2,2-6H3. The van der Waals surface area contributed by atoms with E-state index < -0.39 is 5.41 Å². The first-order valence-electron chi connectivity index (χ1n) is 11.1. The van der Waals surface area contributed by atoms with Crippen molar-refractivity contribution in [3.63, 3.8) is 0 Å². The van der Waals surface area contributed by atoms with Gasteiger partial charge in [-0.1, -0.05) is 31.5 Å². The van der Waals surface area contributed by atoms with Gasteiger partial charge >= 0.3 is 0 Å². The molecule has 6 heteroatoms. The minimum atomic E-state index is -0.451. The number of methoxy groups -OCH3 is 2. The van der Waals surface area contributed by atoms with E-state index in [1.54, 1.807) is 38.5 Å². The molecule has 1 fully saturated rings. The number of hydrogen-bond donors (Lipinski definition) is 0. The number of anilines is 1. The molecule has 5 nitrogen and oxygen atoms in total. The number of carbonyl (C=O) groups is 1. The highest BCUT2D eigenvalue weighted by atomic mass is 35.5. The molecule has 2 aromatic rings. The molecule has 0 spiro atoms. The molecule has 0 bridgehead atoms. The Balaban J connectivity index is 1.97. The molecule has 0 aromatic heterocycles. The van der Waals surface area contributed by atoms with Gasteiger partial charge in [0.05, 0.1) is 19.8 Å². The second-order valence-electron chi connectivity index (χ2n) is 8.84. The van der Waals surface area contributed by atoms with E-state index >= 15 is 0 Å². The van der Waals surface area contributed by atoms with Crippen molar-refractivity contribution in [1.82, 2.24) is 4.90 Å². The zero-order chi connectivity index (χ0) is 24.2. The normalized spacial score (nSPS) is 15.0. The van der Waals surface area contributed by atoms with Crippen molar-refractivity contribution in [3.05, 3.63) is 70.8 Å². The molecule has 0 atom stereocenters. The predicted molar refractivity (Wildman–Crippen MR) is 137 cm³/mol. The average Bonchev–Trinajstić information content (AvgIpc) is 2.82. The molecule has 1 aliphatic rings. The first-order chi connectivity index (χ1) is 15.7. The molecule has 176 valence electrons. The number of nitrogens with zero attached hydrogens (tertiary/aromatic N) is 2. The van der Waals surface area contributed by atoms with Crippen LogP contribution in [-0.4, -0.2) is 58.1 Å². The smallest absolute Gasteiger partial charge is 0.189 e. The maximum atomic E-state index is 13.2. The molecular formula is C27H33ClN2O3. The Bertz CT molecular complexity index is 1050. The first-order valence-corrected chi connectivity index (χ1v) is 11.4. The third kappa shape index (κ3) is 5.43. The van der Waals surface area contributed by atoms with Crippen LogP contribution in [0.4, 0.5) is 5.69 Å². The molecule has 0 saturated carbocycles. The summed E-state index contributed by atoms with van der Waals surface area (Å²) in [5, 5.41) is 0.546. The Labute approximate surface area is 202 Å². The van der Waals surface area contributed by atoms with E-state index in [-0.39, 0.29) is 5.78 Å². The van der Waals surface area contributed by atoms with Crippen LogP contribution in [0.15, 0.2) is 49.1 Å². The lowest BCUT2D eigenvalue weighted by molar-refractivity contribution is 0.104. The maximum Gasteiger partial charge on any atom is 0.189 e. The van der Waals surface area contributed by atoms with Crippen molar-refractivity contribution in [2.24, 2.45) is 0 Å². The Morgan fingerprint density at radius 3 is 2.39 bits per heavy atom. The first kappa shape index (κ1) is 24.9. The van der Waals surface area contributed by atoms with Gasteiger partial charge in [-0.3, -0.25) is 4.79 Å². The van der Waals surface area contributed by atoms with Crippen LogP contribution < -0.4 is 14.4 Å². The minimum Gasteiger partial charge on any atom is -0.497 e. The van der Waals surface area contributed by atoms with Gasteiger partial charge in [0.1, 0.15) is 11.5 Å². The highest BCUT2D eigenvalue weighted by molar-refractivity contribution is 6.32. The van der Waals surface area contributed by atoms with Crippen LogP contribution in [0.25, 0.3) is 6.08 Å². The van der Waals surface area contributed by atoms with Crippen molar-refractivity contribution in [3.8, 4) is 11.5 Å². The molecule has 3 rings (SSSR count). The van der Waals surface area contributed by atoms with Gasteiger partial charge < -0.3 is 19.3 Å². The van der Waals surface area contributed by atoms with Crippen LogP contribution in [0.1, 0.15) is 35.3 Å². The Hall–Kier alpha value is -2.76. The zero-order valence-electron chi connectivity index (χ0n) is 20.2. The van der Waals surface area contributed by atoms with Gasteiger partial charge in [0.25, 0.3) is 0 Å². The van der Waals surface area contributed by atoms with Gasteiger partial charge in [0.2, 0.25) is 0 Å². The largest absolute Gasteiger partial charge is 0.497 e. The van der Waals surface area contributed by atoms with E-state index in [0.717, 1.165) is 48.7 Å². The molecule has 0 unspecified atom stereocenters. The third-order valence-electron chi connectivity index (χ3n) is 6.23. The number of piperazine rings is 1. The number of halogens is 1. The molecule has 1 aliphatic heterocycles. The lowest BCUT2D eigenvalue weighted by Gasteiger charge is -2.35. The fourth-order valence-corrected chi connectivity index (χ4v) is 4.43. The Morgan fingerprint density at radius 2 is 1.79 bits per heavy atom. The Morgan fingerprint density at radius 1 is 1.09 bits per heavy atom. The molecule has 2 aromatic carbocycles. The van der Waals surface area contributed by atoms with Crippen molar-refractivity contribution in [2.75, 3.05) is 52.3 Å². The van der Waals surface area contributed by atoms with Gasteiger partial charge in [0, 0.05) is 53.9 Å². The van der Waals surface area contributed by atoms with Crippen LogP contribution in [-0.2, 0) is 5.41 Å². The van der Waals surface area contributed by atoms with Crippen LogP contribution in [0.2, 0.25) is 5.02 Å². The van der Waals surface area contributed by atoms with Gasteiger partial charge in [-0.2, -0.15) is 0 Å². The van der Waals surface area contributed by atoms with E-state index in [9.17, 15) is 4.79 Å². The summed E-state index contributed by atoms with van der Waals surface area (Å²) in [5.41, 5.74) is 2.80. The van der Waals surface area contributed by atoms with Crippen molar-refractivity contribution in [2.45, 2.75) is 19.3 Å². The number of hydrogen-bond acceptors (Lipinski definition) is 5. The van der Waals surface area contributed by atoms with Crippen LogP contribution >= 0.6 is 11.6 Å². The predicted octanol–water partition coefficient (Wildman–Crippen LogP) is 5.47. The Kier molecular flexibility index (Phi) is 7.88. The maximum absolute atomic E-state index is 13.2. The highest BCUT2D eigenvalue weighted by Gasteiger charge is 2.27. The summed E-state index contributed by atoms with van der Waals surface area (Å²) >= 11 is 6.49. The molecule has 1 heterocycles. The number of ketones is 1. The van der Waals surface area contributed by atoms with Crippen molar-refractivity contribution < 1.29 is 14.3 Å². The topological polar surface area (TPSA) is 42.0 Å². The summed E-state index contributed by atoms with van der Waals surface area (Å²) in [7, 11) is 5.35. The van der Waals surface area contributed by atoms with Gasteiger partial charge in [-0.05, 0) is 49.0 Å². The quantitative estimate of drug-likeness (QED) is 0.292. The molecule has 0 amide bonds. The average molecular weight is 469 g/mol. The lowest BCUT2D eigenvalue weighted by Crippen LogP contribution is -2.44. The number of carbonyl (C=O) groups excluding carboxylic acids is 1. The lowest BCUT2D eigenvalue weighted by atomic mass is 9.82. The minimum absolute atomic E-state index is 0.148. The fourth-order valence-electron chi connectivity index (χ4n) is 4.03. The van der Waals surface area contributed by atoms with Crippen molar-refractivity contribution >= 4 is 29.1 Å². The highest BCUT2D eigenvalue weighted by Crippen LogP contribution is 2.40. The zero-order valence-corrected chi connectivity index (χ0v) is 20.9. The third-order valence-corrected chi connectivity index (χ3v) is 6.54. The van der Waals surface area contributed by atoms with Crippen LogP contribution in [0.3, 0.4) is 0 Å². The number of likely N-dealkylation sites (N-methyl/N-ethyl adjacent to an activating group) is 1. The molecular weight excluding hydrogens is 436 g/mol. The summed E-state index contributed by atoms with van der Waals surface area (Å²) in [6, 6.07) is 9.39. The number of ether oxygens (including phenoxy) is 2. The van der Waals surface area contributed by atoms with Gasteiger partial charge in [-0.15, -0.1) is 6.58 Å². The van der Waals surface area contributed by atoms with Crippen LogP contribution in [0, 0.1) is 0 Å². The molecule has 0 aliphatic carbocycles. The molecule has 1 saturated heterocycles. The SMILES string of the molecule is C=CC(C)(C)c1c(Cl)ccc(C(=O)C=Cc2ccc(OC)cc2N2CCN(C)CC2)c1OC. The van der Waals surface area contributed by atoms with E-state index in [2.05, 4.69) is 23.4 Å². The summed E-state index contributed by atoms with van der Waals surface area (Å²) in [5.74, 6) is 1.13. The van der Waals surface area contributed by atoms with E-state index in [4.69, 9.17) is 21.1 Å². The summed E-state index contributed by atoms with van der Waals surface area (Å²) < 4.78 is 11.1. The van der Waals surface area contributed by atoms with E-state index in [1.165, 1.54) is 0 Å². The second-order valence-corrected chi connectivity index (χ2v) is 9.25. The van der Waals surface area contributed by atoms with Crippen LogP contribution in [0.5, 0.6) is 11.5 Å². The second kappa shape index (κ2) is 10.4. The molecule has 0 N–H and O–H groups in total.